The summed E-state index contributed by atoms with van der Waals surface area (Å²) in [6.07, 6.45) is 6.98. The van der Waals surface area contributed by atoms with Crippen LogP contribution in [0.3, 0.4) is 0 Å². The van der Waals surface area contributed by atoms with Crippen LogP contribution in [-0.2, 0) is 0 Å². The maximum Gasteiger partial charge on any atom is 2.00 e. The predicted molar refractivity (Wildman–Crippen MR) is 49.0 cm³/mol. The molecule has 0 unspecified atom stereocenters. The van der Waals surface area contributed by atoms with Gasteiger partial charge in [-0.3, -0.25) is 0 Å². The van der Waals surface area contributed by atoms with E-state index in [2.05, 4.69) is 20.8 Å². The fourth-order valence-corrected chi connectivity index (χ4v) is 0.971. The fraction of sp³-hybridized carbons (Fsp3) is 0.667. The van der Waals surface area contributed by atoms with Crippen molar-refractivity contribution in [2.24, 2.45) is 0 Å². The van der Waals surface area contributed by atoms with Crippen molar-refractivity contribution >= 4 is 23.1 Å². The molecule has 11 heavy (non-hydrogen) atoms. The van der Waals surface area contributed by atoms with Crippen LogP contribution < -0.4 is 17.0 Å². The first-order valence-electron chi connectivity index (χ1n) is 3.82. The van der Waals surface area contributed by atoms with Crippen LogP contribution in [0.5, 0.6) is 0 Å². The molecule has 0 fully saturated rings. The number of hydrogen-bond acceptors (Lipinski definition) is 0. The third-order valence-electron chi connectivity index (χ3n) is 1.43. The fourth-order valence-electron chi connectivity index (χ4n) is 0.971. The molecular weight excluding hydrogens is 212 g/mol. The molecular formula is C9H17BrMg. The van der Waals surface area contributed by atoms with Crippen molar-refractivity contribution in [1.29, 1.82) is 0 Å². The topological polar surface area (TPSA) is 0 Å². The SMILES string of the molecule is [Br-].[CH2-]C=C(CCC)CCC.[Mg+2]. The van der Waals surface area contributed by atoms with E-state index in [-0.39, 0.29) is 40.0 Å². The second-order valence-electron chi connectivity index (χ2n) is 2.36. The molecule has 0 aromatic rings. The third kappa shape index (κ3) is 10.9. The minimum atomic E-state index is 0. The molecule has 0 rings (SSSR count). The summed E-state index contributed by atoms with van der Waals surface area (Å²) in [6, 6.07) is 0. The van der Waals surface area contributed by atoms with Crippen molar-refractivity contribution in [3.05, 3.63) is 18.6 Å². The van der Waals surface area contributed by atoms with Crippen LogP contribution in [0.2, 0.25) is 0 Å². The van der Waals surface area contributed by atoms with E-state index in [4.69, 9.17) is 0 Å². The maximum atomic E-state index is 3.76. The van der Waals surface area contributed by atoms with Crippen molar-refractivity contribution in [1.82, 2.24) is 0 Å². The Bertz CT molecular complexity index is 81.6. The molecule has 0 saturated heterocycles. The zero-order valence-corrected chi connectivity index (χ0v) is 10.7. The van der Waals surface area contributed by atoms with E-state index in [1.165, 1.54) is 31.3 Å². The summed E-state index contributed by atoms with van der Waals surface area (Å²) in [5.41, 5.74) is 1.51. The van der Waals surface area contributed by atoms with E-state index < -0.39 is 0 Å². The van der Waals surface area contributed by atoms with Crippen LogP contribution >= 0.6 is 0 Å². The maximum absolute atomic E-state index is 3.76. The Morgan fingerprint density at radius 1 is 1.18 bits per heavy atom. The molecule has 0 amide bonds. The molecule has 0 spiro atoms. The molecule has 62 valence electrons. The summed E-state index contributed by atoms with van der Waals surface area (Å²) in [7, 11) is 0. The summed E-state index contributed by atoms with van der Waals surface area (Å²) >= 11 is 0. The normalized spacial score (nSPS) is 7.45. The van der Waals surface area contributed by atoms with E-state index in [9.17, 15) is 0 Å². The Hall–Kier alpha value is 0.856. The molecule has 0 atom stereocenters. The molecule has 0 aliphatic carbocycles. The average Bonchev–Trinajstić information content (AvgIpc) is 1.88. The minimum Gasteiger partial charge on any atom is -1.00 e. The van der Waals surface area contributed by atoms with Gasteiger partial charge in [0.1, 0.15) is 0 Å². The Morgan fingerprint density at radius 2 is 1.55 bits per heavy atom. The van der Waals surface area contributed by atoms with Gasteiger partial charge in [-0.15, -0.1) is 0 Å². The summed E-state index contributed by atoms with van der Waals surface area (Å²) in [5, 5.41) is 0. The van der Waals surface area contributed by atoms with Gasteiger partial charge >= 0.3 is 23.1 Å². The van der Waals surface area contributed by atoms with Crippen LogP contribution in [0, 0.1) is 6.92 Å². The van der Waals surface area contributed by atoms with Gasteiger partial charge in [0, 0.05) is 0 Å². The quantitative estimate of drug-likeness (QED) is 0.469. The Kier molecular flexibility index (Phi) is 21.8. The number of allylic oxidation sites excluding steroid dienone is 2. The number of rotatable bonds is 4. The van der Waals surface area contributed by atoms with Crippen molar-refractivity contribution in [2.75, 3.05) is 0 Å². The largest absolute Gasteiger partial charge is 2.00 e. The van der Waals surface area contributed by atoms with E-state index in [1.54, 1.807) is 0 Å². The van der Waals surface area contributed by atoms with Crippen molar-refractivity contribution in [3.63, 3.8) is 0 Å². The standard InChI is InChI=1S/C9H17.BrH.Mg/c1-4-7-9(6-3)8-5-2;;/h6H,3-5,7-8H2,1-2H3;1H;/q-1;;+2/p-1. The zero-order valence-electron chi connectivity index (χ0n) is 7.70. The smallest absolute Gasteiger partial charge is 1.00 e. The van der Waals surface area contributed by atoms with Crippen LogP contribution in [-0.4, -0.2) is 23.1 Å². The molecule has 2 heteroatoms. The third-order valence-corrected chi connectivity index (χ3v) is 1.43. The van der Waals surface area contributed by atoms with Crippen molar-refractivity contribution < 1.29 is 17.0 Å². The van der Waals surface area contributed by atoms with Gasteiger partial charge in [-0.25, -0.2) is 18.6 Å². The zero-order chi connectivity index (χ0) is 7.11. The Labute approximate surface area is 97.8 Å². The molecule has 0 aromatic heterocycles. The van der Waals surface area contributed by atoms with Crippen LogP contribution in [0.1, 0.15) is 39.5 Å². The number of halogens is 1. The molecule has 0 radical (unpaired) electrons. The minimum absolute atomic E-state index is 0. The first kappa shape index (κ1) is 17.8. The molecule has 0 bridgehead atoms. The summed E-state index contributed by atoms with van der Waals surface area (Å²) in [6.45, 7) is 8.18. The molecule has 0 aliphatic rings. The summed E-state index contributed by atoms with van der Waals surface area (Å²) in [4.78, 5) is 0. The van der Waals surface area contributed by atoms with Crippen LogP contribution in [0.15, 0.2) is 11.6 Å². The van der Waals surface area contributed by atoms with Gasteiger partial charge < -0.3 is 17.0 Å². The van der Waals surface area contributed by atoms with Gasteiger partial charge in [-0.2, -0.15) is 0 Å². The molecule has 0 aliphatic heterocycles. The van der Waals surface area contributed by atoms with E-state index in [1.807, 2.05) is 6.08 Å². The second-order valence-corrected chi connectivity index (χ2v) is 2.36. The van der Waals surface area contributed by atoms with Gasteiger partial charge in [-0.05, 0) is 0 Å². The van der Waals surface area contributed by atoms with Crippen molar-refractivity contribution in [2.45, 2.75) is 39.5 Å². The second kappa shape index (κ2) is 13.4. The summed E-state index contributed by atoms with van der Waals surface area (Å²) < 4.78 is 0. The Morgan fingerprint density at radius 3 is 1.73 bits per heavy atom. The molecule has 0 saturated carbocycles. The molecule has 0 aromatic carbocycles. The van der Waals surface area contributed by atoms with Gasteiger partial charge in [0.15, 0.2) is 0 Å². The Balaban J connectivity index is -0.000000320. The van der Waals surface area contributed by atoms with Crippen LogP contribution in [0.4, 0.5) is 0 Å². The van der Waals surface area contributed by atoms with Crippen LogP contribution in [0.25, 0.3) is 0 Å². The van der Waals surface area contributed by atoms with E-state index in [0.29, 0.717) is 0 Å². The van der Waals surface area contributed by atoms with E-state index >= 15 is 0 Å². The predicted octanol–water partition coefficient (Wildman–Crippen LogP) is -0.0297. The van der Waals surface area contributed by atoms with Gasteiger partial charge in [-0.1, -0.05) is 39.5 Å². The monoisotopic (exact) mass is 228 g/mol. The first-order valence-corrected chi connectivity index (χ1v) is 3.82. The molecule has 0 N–H and O–H groups in total. The van der Waals surface area contributed by atoms with Crippen molar-refractivity contribution in [3.8, 4) is 0 Å². The van der Waals surface area contributed by atoms with Gasteiger partial charge in [0.25, 0.3) is 0 Å². The molecule has 0 nitrogen and oxygen atoms in total. The van der Waals surface area contributed by atoms with Gasteiger partial charge in [0.2, 0.25) is 0 Å². The van der Waals surface area contributed by atoms with Gasteiger partial charge in [0.05, 0.1) is 0 Å². The number of hydrogen-bond donors (Lipinski definition) is 0. The summed E-state index contributed by atoms with van der Waals surface area (Å²) in [5.74, 6) is 0. The molecule has 0 heterocycles. The average molecular weight is 229 g/mol. The van der Waals surface area contributed by atoms with E-state index in [0.717, 1.165) is 0 Å². The first-order chi connectivity index (χ1) is 4.35.